The maximum Gasteiger partial charge on any atom is 0.309 e. The fraction of sp³-hybridized carbons (Fsp3) is 0.400. The van der Waals surface area contributed by atoms with Crippen LogP contribution in [0.15, 0.2) is 28.7 Å². The molecule has 7 heteroatoms. The van der Waals surface area contributed by atoms with Gasteiger partial charge in [-0.2, -0.15) is 0 Å². The lowest BCUT2D eigenvalue weighted by atomic mass is 9.92. The molecular formula is C15H18N2O5. The highest BCUT2D eigenvalue weighted by Crippen LogP contribution is 2.22. The van der Waals surface area contributed by atoms with Crippen molar-refractivity contribution in [3.05, 3.63) is 30.2 Å². The van der Waals surface area contributed by atoms with Crippen LogP contribution in [0.4, 0.5) is 0 Å². The summed E-state index contributed by atoms with van der Waals surface area (Å²) in [4.78, 5) is 26.6. The zero-order chi connectivity index (χ0) is 16.1. The molecule has 1 heterocycles. The van der Waals surface area contributed by atoms with E-state index in [1.807, 2.05) is 13.0 Å². The van der Waals surface area contributed by atoms with Crippen LogP contribution >= 0.6 is 0 Å². The van der Waals surface area contributed by atoms with Crippen molar-refractivity contribution < 1.29 is 24.3 Å². The Hall–Kier alpha value is -2.41. The third-order valence-corrected chi connectivity index (χ3v) is 3.55. The first kappa shape index (κ1) is 16.0. The molecule has 0 saturated carbocycles. The predicted octanol–water partition coefficient (Wildman–Crippen LogP) is 2.09. The van der Waals surface area contributed by atoms with Gasteiger partial charge in [0.15, 0.2) is 11.5 Å². The third-order valence-electron chi connectivity index (χ3n) is 3.55. The van der Waals surface area contributed by atoms with Crippen LogP contribution in [-0.4, -0.2) is 38.8 Å². The highest BCUT2D eigenvalue weighted by Gasteiger charge is 2.33. The summed E-state index contributed by atoms with van der Waals surface area (Å²) < 4.78 is 5.53. The monoisotopic (exact) mass is 306 g/mol. The molecule has 118 valence electrons. The topological polar surface area (TPSA) is 104 Å². The fourth-order valence-corrected chi connectivity index (χ4v) is 2.48. The van der Waals surface area contributed by atoms with E-state index in [-0.39, 0.29) is 18.7 Å². The average molecular weight is 306 g/mol. The predicted molar refractivity (Wildman–Crippen MR) is 77.2 cm³/mol. The summed E-state index contributed by atoms with van der Waals surface area (Å²) in [7, 11) is 0. The number of aliphatic carboxylic acids is 1. The third kappa shape index (κ3) is 3.43. The van der Waals surface area contributed by atoms with Crippen molar-refractivity contribution in [1.29, 1.82) is 0 Å². The van der Waals surface area contributed by atoms with E-state index >= 15 is 0 Å². The van der Waals surface area contributed by atoms with Crippen LogP contribution in [0.3, 0.4) is 0 Å². The molecule has 1 aromatic heterocycles. The number of para-hydroxylation sites is 2. The van der Waals surface area contributed by atoms with Crippen LogP contribution in [0.1, 0.15) is 25.7 Å². The molecule has 0 radical (unpaired) electrons. The van der Waals surface area contributed by atoms with Crippen molar-refractivity contribution in [2.24, 2.45) is 5.92 Å². The molecule has 0 aliphatic rings. The lowest BCUT2D eigenvalue weighted by Gasteiger charge is -2.27. The van der Waals surface area contributed by atoms with Gasteiger partial charge in [0.1, 0.15) is 5.52 Å². The molecule has 22 heavy (non-hydrogen) atoms. The lowest BCUT2D eigenvalue weighted by Crippen LogP contribution is -2.42. The molecule has 2 N–H and O–H groups in total. The van der Waals surface area contributed by atoms with E-state index in [9.17, 15) is 19.9 Å². The van der Waals surface area contributed by atoms with Crippen LogP contribution in [0.25, 0.3) is 11.1 Å². The van der Waals surface area contributed by atoms with Gasteiger partial charge in [0.05, 0.1) is 12.0 Å². The Morgan fingerprint density at radius 1 is 1.45 bits per heavy atom. The first-order valence-electron chi connectivity index (χ1n) is 7.06. The summed E-state index contributed by atoms with van der Waals surface area (Å²) in [5.41, 5.74) is 1.22. The minimum atomic E-state index is -1.11. The largest absolute Gasteiger partial charge is 0.481 e. The smallest absolute Gasteiger partial charge is 0.309 e. The molecule has 1 aromatic carbocycles. The molecule has 7 nitrogen and oxygen atoms in total. The molecule has 2 atom stereocenters. The number of rotatable bonds is 8. The Morgan fingerprint density at radius 2 is 2.18 bits per heavy atom. The molecule has 0 spiro atoms. The molecule has 0 bridgehead atoms. The molecule has 0 aliphatic carbocycles. The van der Waals surface area contributed by atoms with Crippen molar-refractivity contribution in [3.8, 4) is 0 Å². The fourth-order valence-electron chi connectivity index (χ4n) is 2.48. The minimum Gasteiger partial charge on any atom is -0.481 e. The maximum atomic E-state index is 11.5. The zero-order valence-corrected chi connectivity index (χ0v) is 12.2. The number of hydrogen-bond donors (Lipinski definition) is 2. The van der Waals surface area contributed by atoms with Crippen LogP contribution in [0, 0.1) is 5.92 Å². The summed E-state index contributed by atoms with van der Waals surface area (Å²) in [5.74, 6) is -1.83. The molecule has 0 unspecified atom stereocenters. The Balaban J connectivity index is 2.26. The standard InChI is InChI=1S/C15H18N2O5/c1-2-5-12(17(21)9-18)10(15(19)20)8-14-16-11-6-3-4-7-13(11)22-14/h3-4,6-7,9-10,12,21H,2,5,8H2,1H3,(H,19,20)/t10-,12+/m1/s1. The van der Waals surface area contributed by atoms with Crippen molar-refractivity contribution >= 4 is 23.5 Å². The van der Waals surface area contributed by atoms with Crippen LogP contribution in [0.5, 0.6) is 0 Å². The number of benzene rings is 1. The second-order valence-corrected chi connectivity index (χ2v) is 5.07. The van der Waals surface area contributed by atoms with Crippen molar-refractivity contribution in [3.63, 3.8) is 0 Å². The van der Waals surface area contributed by atoms with E-state index in [2.05, 4.69) is 4.98 Å². The second kappa shape index (κ2) is 7.04. The number of nitrogens with zero attached hydrogens (tertiary/aromatic N) is 2. The van der Waals surface area contributed by atoms with Gasteiger partial charge in [0, 0.05) is 6.42 Å². The summed E-state index contributed by atoms with van der Waals surface area (Å²) >= 11 is 0. The Bertz CT molecular complexity index is 621. The van der Waals surface area contributed by atoms with Gasteiger partial charge < -0.3 is 9.52 Å². The Kier molecular flexibility index (Phi) is 5.11. The Labute approximate surface area is 127 Å². The number of hydroxylamine groups is 2. The molecule has 2 rings (SSSR count). The first-order valence-corrected chi connectivity index (χ1v) is 7.06. The van der Waals surface area contributed by atoms with Gasteiger partial charge in [-0.15, -0.1) is 0 Å². The Morgan fingerprint density at radius 3 is 2.77 bits per heavy atom. The van der Waals surface area contributed by atoms with Crippen molar-refractivity contribution in [2.75, 3.05) is 0 Å². The summed E-state index contributed by atoms with van der Waals surface area (Å²) in [6.45, 7) is 1.85. The van der Waals surface area contributed by atoms with Gasteiger partial charge in [-0.1, -0.05) is 25.5 Å². The van der Waals surface area contributed by atoms with Gasteiger partial charge >= 0.3 is 5.97 Å². The second-order valence-electron chi connectivity index (χ2n) is 5.07. The van der Waals surface area contributed by atoms with E-state index in [0.717, 1.165) is 0 Å². The van der Waals surface area contributed by atoms with Gasteiger partial charge in [0.25, 0.3) is 0 Å². The molecule has 0 aliphatic heterocycles. The molecular weight excluding hydrogens is 288 g/mol. The number of aromatic nitrogens is 1. The van der Waals surface area contributed by atoms with Gasteiger partial charge in [-0.25, -0.2) is 10.0 Å². The van der Waals surface area contributed by atoms with Gasteiger partial charge in [-0.05, 0) is 18.6 Å². The summed E-state index contributed by atoms with van der Waals surface area (Å²) in [6, 6.07) is 6.30. The molecule has 0 fully saturated rings. The molecule has 1 amide bonds. The summed E-state index contributed by atoms with van der Waals surface area (Å²) in [5, 5.41) is 19.5. The average Bonchev–Trinajstić information content (AvgIpc) is 2.92. The number of carbonyl (C=O) groups is 2. The number of amides is 1. The number of hydrogen-bond acceptors (Lipinski definition) is 5. The zero-order valence-electron chi connectivity index (χ0n) is 12.2. The van der Waals surface area contributed by atoms with Crippen LogP contribution < -0.4 is 0 Å². The van der Waals surface area contributed by atoms with E-state index in [1.54, 1.807) is 18.2 Å². The van der Waals surface area contributed by atoms with E-state index < -0.39 is 17.9 Å². The normalized spacial score (nSPS) is 13.7. The first-order chi connectivity index (χ1) is 10.6. The number of fused-ring (bicyclic) bond motifs is 1. The van der Waals surface area contributed by atoms with Crippen molar-refractivity contribution in [1.82, 2.24) is 10.0 Å². The minimum absolute atomic E-state index is 0.000417. The molecule has 2 aromatic rings. The highest BCUT2D eigenvalue weighted by molar-refractivity contribution is 5.73. The molecule has 0 saturated heterocycles. The SMILES string of the molecule is CCC[C@@H]([C@@H](Cc1nc2ccccc2o1)C(=O)O)N(O)C=O. The van der Waals surface area contributed by atoms with Crippen molar-refractivity contribution in [2.45, 2.75) is 32.2 Å². The number of carboxylic acids is 1. The van der Waals surface area contributed by atoms with Gasteiger partial charge in [-0.3, -0.25) is 14.8 Å². The lowest BCUT2D eigenvalue weighted by molar-refractivity contribution is -0.173. The number of oxazole rings is 1. The highest BCUT2D eigenvalue weighted by atomic mass is 16.5. The number of carbonyl (C=O) groups excluding carboxylic acids is 1. The van der Waals surface area contributed by atoms with Crippen LogP contribution in [0.2, 0.25) is 0 Å². The van der Waals surface area contributed by atoms with E-state index in [0.29, 0.717) is 29.0 Å². The quantitative estimate of drug-likeness (QED) is 0.439. The summed E-state index contributed by atoms with van der Waals surface area (Å²) in [6.07, 6.45) is 1.22. The number of carboxylic acid groups (broad SMARTS) is 1. The maximum absolute atomic E-state index is 11.5. The van der Waals surface area contributed by atoms with Crippen LogP contribution in [-0.2, 0) is 16.0 Å². The van der Waals surface area contributed by atoms with E-state index in [4.69, 9.17) is 4.42 Å². The van der Waals surface area contributed by atoms with Gasteiger partial charge in [0.2, 0.25) is 6.41 Å². The van der Waals surface area contributed by atoms with E-state index in [1.165, 1.54) is 0 Å².